The van der Waals surface area contributed by atoms with E-state index < -0.39 is 0 Å². The highest BCUT2D eigenvalue weighted by molar-refractivity contribution is 5.69. The highest BCUT2D eigenvalue weighted by Crippen LogP contribution is 2.11. The van der Waals surface area contributed by atoms with Gasteiger partial charge in [-0.2, -0.15) is 4.57 Å². The average Bonchev–Trinajstić information content (AvgIpc) is 2.49. The second kappa shape index (κ2) is 2.63. The Balaban J connectivity index is 2.73. The van der Waals surface area contributed by atoms with Gasteiger partial charge in [0.2, 0.25) is 0 Å². The maximum absolute atomic E-state index is 5.37. The number of hydrogen-bond donors (Lipinski definition) is 0. The fourth-order valence-corrected chi connectivity index (χ4v) is 1.36. The monoisotopic (exact) mass is 162 g/mol. The molecule has 2 aromatic rings. The summed E-state index contributed by atoms with van der Waals surface area (Å²) in [6, 6.07) is 6.52. The molecule has 2 rings (SSSR count). The minimum absolute atomic E-state index is 0.444. The van der Waals surface area contributed by atoms with E-state index in [1.807, 2.05) is 18.3 Å². The van der Waals surface area contributed by atoms with Crippen LogP contribution in [0.4, 0.5) is 0 Å². The molecular formula is C10H12NO+. The van der Waals surface area contributed by atoms with Crippen LogP contribution in [0, 0.1) is 0 Å². The molecule has 2 heteroatoms. The molecule has 0 spiro atoms. The Hall–Kier alpha value is -1.31. The van der Waals surface area contributed by atoms with Gasteiger partial charge in [0.15, 0.2) is 12.2 Å². The van der Waals surface area contributed by atoms with Gasteiger partial charge in [-0.25, -0.2) is 0 Å². The van der Waals surface area contributed by atoms with E-state index >= 15 is 0 Å². The summed E-state index contributed by atoms with van der Waals surface area (Å²) in [6.07, 6.45) is 3.76. The van der Waals surface area contributed by atoms with Gasteiger partial charge in [-0.05, 0) is 26.0 Å². The van der Waals surface area contributed by atoms with Gasteiger partial charge in [-0.1, -0.05) is 0 Å². The average molecular weight is 162 g/mol. The molecule has 0 amide bonds. The largest absolute Gasteiger partial charge is 0.413 e. The summed E-state index contributed by atoms with van der Waals surface area (Å²) in [4.78, 5) is 0. The lowest BCUT2D eigenvalue weighted by Crippen LogP contribution is -2.35. The Morgan fingerprint density at radius 2 is 2.17 bits per heavy atom. The Labute approximate surface area is 71.4 Å². The summed E-state index contributed by atoms with van der Waals surface area (Å²) in [6.45, 7) is 4.28. The minimum atomic E-state index is 0.444. The van der Waals surface area contributed by atoms with Gasteiger partial charge in [0.1, 0.15) is 0 Å². The van der Waals surface area contributed by atoms with Crippen LogP contribution in [0.25, 0.3) is 11.1 Å². The molecule has 2 aromatic heterocycles. The van der Waals surface area contributed by atoms with Crippen molar-refractivity contribution in [2.24, 2.45) is 0 Å². The molecular weight excluding hydrogens is 150 g/mol. The summed E-state index contributed by atoms with van der Waals surface area (Å²) in [5.74, 6) is 0. The van der Waals surface area contributed by atoms with Crippen LogP contribution in [0.1, 0.15) is 19.9 Å². The fourth-order valence-electron chi connectivity index (χ4n) is 1.36. The molecule has 2 heterocycles. The highest BCUT2D eigenvalue weighted by Gasteiger charge is 2.13. The second-order valence-corrected chi connectivity index (χ2v) is 3.19. The van der Waals surface area contributed by atoms with Crippen molar-refractivity contribution in [3.8, 4) is 0 Å². The second-order valence-electron chi connectivity index (χ2n) is 3.19. The van der Waals surface area contributed by atoms with Gasteiger partial charge in [0.05, 0.1) is 11.6 Å². The first-order chi connectivity index (χ1) is 5.79. The molecule has 0 atom stereocenters. The van der Waals surface area contributed by atoms with E-state index in [-0.39, 0.29) is 0 Å². The van der Waals surface area contributed by atoms with E-state index in [9.17, 15) is 0 Å². The van der Waals surface area contributed by atoms with Gasteiger partial charge in [0, 0.05) is 6.07 Å². The van der Waals surface area contributed by atoms with Crippen molar-refractivity contribution in [1.82, 2.24) is 0 Å². The van der Waals surface area contributed by atoms with Crippen molar-refractivity contribution in [2.45, 2.75) is 19.9 Å². The van der Waals surface area contributed by atoms with Crippen molar-refractivity contribution in [2.75, 3.05) is 0 Å². The molecule has 0 saturated carbocycles. The Morgan fingerprint density at radius 3 is 2.92 bits per heavy atom. The van der Waals surface area contributed by atoms with Crippen molar-refractivity contribution in [1.29, 1.82) is 0 Å². The number of hydrogen-bond acceptors (Lipinski definition) is 1. The number of pyridine rings is 1. The predicted octanol–water partition coefficient (Wildman–Crippen LogP) is 2.30. The third-order valence-corrected chi connectivity index (χ3v) is 1.99. The summed E-state index contributed by atoms with van der Waals surface area (Å²) in [7, 11) is 0. The van der Waals surface area contributed by atoms with Crippen LogP contribution in [0.15, 0.2) is 35.1 Å². The van der Waals surface area contributed by atoms with Crippen molar-refractivity contribution >= 4 is 11.1 Å². The molecule has 0 N–H and O–H groups in total. The maximum atomic E-state index is 5.37. The number of nitrogens with zero attached hydrogens (tertiary/aromatic N) is 1. The first-order valence-corrected chi connectivity index (χ1v) is 4.16. The quantitative estimate of drug-likeness (QED) is 0.588. The Bertz CT molecular complexity index is 389. The lowest BCUT2D eigenvalue weighted by molar-refractivity contribution is -0.697. The number of rotatable bonds is 1. The van der Waals surface area contributed by atoms with Crippen LogP contribution < -0.4 is 4.57 Å². The normalized spacial score (nSPS) is 11.2. The van der Waals surface area contributed by atoms with Gasteiger partial charge in [-0.3, -0.25) is 0 Å². The fraction of sp³-hybridized carbons (Fsp3) is 0.300. The van der Waals surface area contributed by atoms with Crippen LogP contribution in [0.3, 0.4) is 0 Å². The van der Waals surface area contributed by atoms with E-state index in [1.54, 1.807) is 6.26 Å². The molecule has 0 unspecified atom stereocenters. The highest BCUT2D eigenvalue weighted by atomic mass is 16.3. The molecule has 0 saturated heterocycles. The third-order valence-electron chi connectivity index (χ3n) is 1.99. The summed E-state index contributed by atoms with van der Waals surface area (Å²) >= 11 is 0. The smallest absolute Gasteiger partial charge is 0.380 e. The van der Waals surface area contributed by atoms with E-state index in [0.29, 0.717) is 6.04 Å². The van der Waals surface area contributed by atoms with Crippen molar-refractivity contribution in [3.63, 3.8) is 0 Å². The molecule has 0 aliphatic rings. The van der Waals surface area contributed by atoms with E-state index in [2.05, 4.69) is 24.5 Å². The number of fused-ring (bicyclic) bond motifs is 1. The lowest BCUT2D eigenvalue weighted by atomic mass is 10.3. The van der Waals surface area contributed by atoms with Crippen molar-refractivity contribution in [3.05, 3.63) is 30.7 Å². The van der Waals surface area contributed by atoms with Crippen LogP contribution in [0.2, 0.25) is 0 Å². The van der Waals surface area contributed by atoms with Crippen LogP contribution in [-0.4, -0.2) is 0 Å². The predicted molar refractivity (Wildman–Crippen MR) is 46.8 cm³/mol. The van der Waals surface area contributed by atoms with E-state index in [1.165, 1.54) is 0 Å². The lowest BCUT2D eigenvalue weighted by Gasteiger charge is -1.98. The molecule has 62 valence electrons. The molecule has 12 heavy (non-hydrogen) atoms. The number of furan rings is 1. The molecule has 0 aliphatic carbocycles. The Kier molecular flexibility index (Phi) is 1.61. The van der Waals surface area contributed by atoms with Crippen LogP contribution in [-0.2, 0) is 0 Å². The Morgan fingerprint density at radius 1 is 1.33 bits per heavy atom. The van der Waals surface area contributed by atoms with Gasteiger partial charge in [0.25, 0.3) is 0 Å². The standard InChI is InChI=1S/C10H12NO/c1-8(2)11-6-3-4-9-5-7-12-10(9)11/h3-8H,1-2H3/q+1. The SMILES string of the molecule is CC(C)[n+]1cccc2ccoc21. The summed E-state index contributed by atoms with van der Waals surface area (Å²) in [5.41, 5.74) is 0.951. The van der Waals surface area contributed by atoms with Crippen molar-refractivity contribution < 1.29 is 8.98 Å². The first-order valence-electron chi connectivity index (χ1n) is 4.16. The molecule has 0 aromatic carbocycles. The van der Waals surface area contributed by atoms with Gasteiger partial charge < -0.3 is 4.42 Å². The third kappa shape index (κ3) is 0.998. The van der Waals surface area contributed by atoms with E-state index in [4.69, 9.17) is 4.42 Å². The maximum Gasteiger partial charge on any atom is 0.380 e. The van der Waals surface area contributed by atoms with Gasteiger partial charge in [-0.15, -0.1) is 0 Å². The summed E-state index contributed by atoms with van der Waals surface area (Å²) in [5, 5.41) is 1.16. The topological polar surface area (TPSA) is 17.0 Å². The zero-order chi connectivity index (χ0) is 8.55. The zero-order valence-electron chi connectivity index (χ0n) is 7.32. The molecule has 0 bridgehead atoms. The van der Waals surface area contributed by atoms with E-state index in [0.717, 1.165) is 11.1 Å². The molecule has 0 fully saturated rings. The zero-order valence-corrected chi connectivity index (χ0v) is 7.32. The van der Waals surface area contributed by atoms with Crippen LogP contribution >= 0.6 is 0 Å². The van der Waals surface area contributed by atoms with Gasteiger partial charge >= 0.3 is 5.71 Å². The first kappa shape index (κ1) is 7.35. The molecule has 0 aliphatic heterocycles. The molecule has 2 nitrogen and oxygen atoms in total. The minimum Gasteiger partial charge on any atom is -0.413 e. The summed E-state index contributed by atoms with van der Waals surface area (Å²) < 4.78 is 7.49. The number of aromatic nitrogens is 1. The van der Waals surface area contributed by atoms with Crippen LogP contribution in [0.5, 0.6) is 0 Å². The molecule has 0 radical (unpaired) electrons.